The third kappa shape index (κ3) is 2.52. The molecule has 1 aliphatic rings. The van der Waals surface area contributed by atoms with E-state index in [9.17, 15) is 0 Å². The molecule has 1 aromatic carbocycles. The summed E-state index contributed by atoms with van der Waals surface area (Å²) in [5.74, 6) is 0. The zero-order valence-electron chi connectivity index (χ0n) is 10.3. The van der Waals surface area contributed by atoms with Gasteiger partial charge in [0.1, 0.15) is 0 Å². The van der Waals surface area contributed by atoms with Crippen LogP contribution in [0.25, 0.3) is 0 Å². The summed E-state index contributed by atoms with van der Waals surface area (Å²) in [6.07, 6.45) is 0.889. The van der Waals surface area contributed by atoms with Crippen molar-refractivity contribution in [1.82, 2.24) is 0 Å². The van der Waals surface area contributed by atoms with E-state index in [0.717, 1.165) is 22.8 Å². The fourth-order valence-corrected chi connectivity index (χ4v) is 3.17. The minimum absolute atomic E-state index is 0.250. The number of hydrogen-bond donors (Lipinski definition) is 1. The summed E-state index contributed by atoms with van der Waals surface area (Å²) in [5.41, 5.74) is 7.82. The van der Waals surface area contributed by atoms with Gasteiger partial charge in [0.05, 0.1) is 17.4 Å². The third-order valence-corrected chi connectivity index (χ3v) is 4.40. The number of hydrogen-bond acceptors (Lipinski definition) is 4. The normalized spacial score (nSPS) is 18.7. The Balaban J connectivity index is 1.95. The highest BCUT2D eigenvalue weighted by molar-refractivity contribution is 7.10. The van der Waals surface area contributed by atoms with Gasteiger partial charge in [-0.1, -0.05) is 17.7 Å². The molecule has 98 valence electrons. The lowest BCUT2D eigenvalue weighted by atomic mass is 10.1. The van der Waals surface area contributed by atoms with Crippen LogP contribution in [0.3, 0.4) is 0 Å². The molecule has 19 heavy (non-hydrogen) atoms. The second-order valence-corrected chi connectivity index (χ2v) is 5.84. The second-order valence-electron chi connectivity index (χ2n) is 4.43. The van der Waals surface area contributed by atoms with Crippen molar-refractivity contribution in [3.05, 3.63) is 51.7 Å². The van der Waals surface area contributed by atoms with E-state index in [4.69, 9.17) is 17.3 Å². The van der Waals surface area contributed by atoms with Gasteiger partial charge in [0, 0.05) is 22.9 Å². The number of thiophene rings is 1. The van der Waals surface area contributed by atoms with E-state index in [1.54, 1.807) is 11.3 Å². The average molecular weight is 292 g/mol. The summed E-state index contributed by atoms with van der Waals surface area (Å²) in [6, 6.07) is 12.2. The molecule has 1 unspecified atom stereocenters. The van der Waals surface area contributed by atoms with Crippen LogP contribution in [0.2, 0.25) is 5.02 Å². The molecule has 1 aliphatic heterocycles. The minimum Gasteiger partial charge on any atom is -0.325 e. The van der Waals surface area contributed by atoms with Gasteiger partial charge in [-0.2, -0.15) is 5.10 Å². The number of hydrazone groups is 1. The summed E-state index contributed by atoms with van der Waals surface area (Å²) in [4.78, 5) is 1.31. The summed E-state index contributed by atoms with van der Waals surface area (Å²) >= 11 is 7.69. The Bertz CT molecular complexity index is 577. The fourth-order valence-electron chi connectivity index (χ4n) is 2.23. The van der Waals surface area contributed by atoms with Crippen LogP contribution in [-0.2, 0) is 0 Å². The van der Waals surface area contributed by atoms with E-state index in [0.29, 0.717) is 6.54 Å². The van der Waals surface area contributed by atoms with Gasteiger partial charge in [0.25, 0.3) is 0 Å². The molecule has 0 amide bonds. The Kier molecular flexibility index (Phi) is 3.55. The Hall–Kier alpha value is -1.36. The molecular formula is C14H14ClN3S. The standard InChI is InChI=1S/C14H14ClN3S/c15-10-3-5-12(6-4-10)18-13(8-11(9-16)17-18)14-2-1-7-19-14/h1-7,13H,8-9,16H2. The van der Waals surface area contributed by atoms with Crippen LogP contribution in [0.4, 0.5) is 5.69 Å². The Morgan fingerprint density at radius 1 is 1.32 bits per heavy atom. The smallest absolute Gasteiger partial charge is 0.0920 e. The summed E-state index contributed by atoms with van der Waals surface area (Å²) in [5, 5.41) is 9.51. The quantitative estimate of drug-likeness (QED) is 0.937. The van der Waals surface area contributed by atoms with Crippen molar-refractivity contribution in [2.45, 2.75) is 12.5 Å². The van der Waals surface area contributed by atoms with E-state index >= 15 is 0 Å². The predicted octanol–water partition coefficient (Wildman–Crippen LogP) is 3.67. The van der Waals surface area contributed by atoms with Crippen molar-refractivity contribution in [3.63, 3.8) is 0 Å². The third-order valence-electron chi connectivity index (χ3n) is 3.17. The lowest BCUT2D eigenvalue weighted by molar-refractivity contribution is 0.721. The largest absolute Gasteiger partial charge is 0.325 e. The SMILES string of the molecule is NCC1=NN(c2ccc(Cl)cc2)C(c2cccs2)C1. The van der Waals surface area contributed by atoms with Gasteiger partial charge in [-0.25, -0.2) is 0 Å². The first kappa shape index (κ1) is 12.7. The molecule has 1 aromatic heterocycles. The molecular weight excluding hydrogens is 278 g/mol. The van der Waals surface area contributed by atoms with Gasteiger partial charge in [-0.3, -0.25) is 5.01 Å². The van der Waals surface area contributed by atoms with Gasteiger partial charge in [0.15, 0.2) is 0 Å². The highest BCUT2D eigenvalue weighted by atomic mass is 35.5. The summed E-state index contributed by atoms with van der Waals surface area (Å²) in [6.45, 7) is 0.506. The van der Waals surface area contributed by atoms with Gasteiger partial charge in [0.2, 0.25) is 0 Å². The van der Waals surface area contributed by atoms with E-state index in [1.807, 2.05) is 29.3 Å². The van der Waals surface area contributed by atoms with Crippen LogP contribution in [0.15, 0.2) is 46.9 Å². The molecule has 3 nitrogen and oxygen atoms in total. The van der Waals surface area contributed by atoms with E-state index in [1.165, 1.54) is 4.88 Å². The average Bonchev–Trinajstić information content (AvgIpc) is 3.08. The first-order valence-electron chi connectivity index (χ1n) is 6.12. The Labute approximate surface area is 121 Å². The highest BCUT2D eigenvalue weighted by Gasteiger charge is 2.29. The van der Waals surface area contributed by atoms with Crippen LogP contribution in [0, 0.1) is 0 Å². The first-order valence-corrected chi connectivity index (χ1v) is 7.38. The Morgan fingerprint density at radius 2 is 2.11 bits per heavy atom. The number of rotatable bonds is 3. The van der Waals surface area contributed by atoms with Crippen molar-refractivity contribution in [2.75, 3.05) is 11.6 Å². The topological polar surface area (TPSA) is 41.6 Å². The number of nitrogens with zero attached hydrogens (tertiary/aromatic N) is 2. The van der Waals surface area contributed by atoms with E-state index < -0.39 is 0 Å². The molecule has 2 N–H and O–H groups in total. The number of halogens is 1. The predicted molar refractivity (Wildman–Crippen MR) is 82.1 cm³/mol. The van der Waals surface area contributed by atoms with Crippen molar-refractivity contribution < 1.29 is 0 Å². The number of nitrogens with two attached hydrogens (primary N) is 1. The maximum atomic E-state index is 5.94. The molecule has 0 radical (unpaired) electrons. The molecule has 5 heteroatoms. The Morgan fingerprint density at radius 3 is 2.74 bits per heavy atom. The van der Waals surface area contributed by atoms with Crippen molar-refractivity contribution >= 4 is 34.3 Å². The van der Waals surface area contributed by atoms with Gasteiger partial charge < -0.3 is 5.73 Å². The summed E-state index contributed by atoms with van der Waals surface area (Å²) < 4.78 is 0. The van der Waals surface area contributed by atoms with Crippen LogP contribution in [-0.4, -0.2) is 12.3 Å². The van der Waals surface area contributed by atoms with Crippen molar-refractivity contribution in [3.8, 4) is 0 Å². The zero-order valence-corrected chi connectivity index (χ0v) is 11.9. The molecule has 2 heterocycles. The lowest BCUT2D eigenvalue weighted by Gasteiger charge is -2.22. The zero-order chi connectivity index (χ0) is 13.2. The van der Waals surface area contributed by atoms with Crippen molar-refractivity contribution in [2.24, 2.45) is 10.8 Å². The van der Waals surface area contributed by atoms with Crippen LogP contribution in [0.5, 0.6) is 0 Å². The fraction of sp³-hybridized carbons (Fsp3) is 0.214. The van der Waals surface area contributed by atoms with Crippen molar-refractivity contribution in [1.29, 1.82) is 0 Å². The highest BCUT2D eigenvalue weighted by Crippen LogP contribution is 2.37. The maximum absolute atomic E-state index is 5.94. The molecule has 0 bridgehead atoms. The van der Waals surface area contributed by atoms with Crippen LogP contribution < -0.4 is 10.7 Å². The van der Waals surface area contributed by atoms with Gasteiger partial charge in [-0.15, -0.1) is 11.3 Å². The minimum atomic E-state index is 0.250. The van der Waals surface area contributed by atoms with E-state index in [2.05, 4.69) is 22.6 Å². The van der Waals surface area contributed by atoms with E-state index in [-0.39, 0.29) is 6.04 Å². The molecule has 0 spiro atoms. The van der Waals surface area contributed by atoms with Gasteiger partial charge >= 0.3 is 0 Å². The monoisotopic (exact) mass is 291 g/mol. The molecule has 1 atom stereocenters. The molecule has 0 aliphatic carbocycles. The second kappa shape index (κ2) is 5.33. The maximum Gasteiger partial charge on any atom is 0.0920 e. The lowest BCUT2D eigenvalue weighted by Crippen LogP contribution is -2.17. The molecule has 0 fully saturated rings. The molecule has 3 rings (SSSR count). The van der Waals surface area contributed by atoms with Gasteiger partial charge in [-0.05, 0) is 35.7 Å². The number of benzene rings is 1. The van der Waals surface area contributed by atoms with Crippen LogP contribution in [0.1, 0.15) is 17.3 Å². The number of anilines is 1. The molecule has 0 saturated heterocycles. The molecule has 2 aromatic rings. The molecule has 0 saturated carbocycles. The summed E-state index contributed by atoms with van der Waals surface area (Å²) in [7, 11) is 0. The first-order chi connectivity index (χ1) is 9.28. The van der Waals surface area contributed by atoms with Crippen LogP contribution >= 0.6 is 22.9 Å².